The van der Waals surface area contributed by atoms with Gasteiger partial charge in [0.05, 0.1) is 0 Å². The average molecular weight is 247 g/mol. The van der Waals surface area contributed by atoms with Crippen LogP contribution in [-0.4, -0.2) is 36.0 Å². The zero-order valence-electron chi connectivity index (χ0n) is 10.5. The molecule has 0 aromatic heterocycles. The van der Waals surface area contributed by atoms with Gasteiger partial charge in [0.2, 0.25) is 0 Å². The molecule has 0 spiro atoms. The Morgan fingerprint density at radius 2 is 1.78 bits per heavy atom. The first-order valence-corrected chi connectivity index (χ1v) is 6.18. The summed E-state index contributed by atoms with van der Waals surface area (Å²) in [6.07, 6.45) is 1.40. The predicted molar refractivity (Wildman–Crippen MR) is 67.1 cm³/mol. The largest absolute Gasteiger partial charge is 0.462 e. The molecule has 0 radical (unpaired) electrons. The summed E-state index contributed by atoms with van der Waals surface area (Å²) in [6.45, 7) is 2.71. The van der Waals surface area contributed by atoms with Gasteiger partial charge in [0.1, 0.15) is 6.10 Å². The standard InChI is InChI=1S/C14H17NO3/c1-11(16)18-13-7-9-15(10-8-13)14(17)12-5-3-2-4-6-12/h2-6,13H,7-10H2,1H3. The zero-order valence-corrected chi connectivity index (χ0v) is 10.5. The Morgan fingerprint density at radius 3 is 2.33 bits per heavy atom. The van der Waals surface area contributed by atoms with Crippen LogP contribution in [0.4, 0.5) is 0 Å². The van der Waals surface area contributed by atoms with Crippen molar-refractivity contribution >= 4 is 11.9 Å². The second-order valence-electron chi connectivity index (χ2n) is 4.47. The molecule has 4 heteroatoms. The molecule has 18 heavy (non-hydrogen) atoms. The molecule has 1 aromatic carbocycles. The van der Waals surface area contributed by atoms with Crippen molar-refractivity contribution in [3.05, 3.63) is 35.9 Å². The molecule has 1 aliphatic heterocycles. The number of piperidine rings is 1. The summed E-state index contributed by atoms with van der Waals surface area (Å²) in [5.74, 6) is -0.195. The maximum absolute atomic E-state index is 12.1. The first-order chi connectivity index (χ1) is 8.66. The van der Waals surface area contributed by atoms with Crippen LogP contribution < -0.4 is 0 Å². The van der Waals surface area contributed by atoms with Gasteiger partial charge in [-0.2, -0.15) is 0 Å². The molecule has 1 aliphatic rings. The third kappa shape index (κ3) is 3.09. The van der Waals surface area contributed by atoms with Gasteiger partial charge < -0.3 is 9.64 Å². The molecule has 96 valence electrons. The Morgan fingerprint density at radius 1 is 1.17 bits per heavy atom. The van der Waals surface area contributed by atoms with Gasteiger partial charge in [-0.05, 0) is 12.1 Å². The maximum atomic E-state index is 12.1. The molecule has 1 aromatic rings. The Balaban J connectivity index is 1.90. The molecule has 0 aliphatic carbocycles. The fourth-order valence-corrected chi connectivity index (χ4v) is 2.17. The van der Waals surface area contributed by atoms with Gasteiger partial charge in [-0.15, -0.1) is 0 Å². The highest BCUT2D eigenvalue weighted by Crippen LogP contribution is 2.16. The fourth-order valence-electron chi connectivity index (χ4n) is 2.17. The van der Waals surface area contributed by atoms with Crippen LogP contribution in [0.5, 0.6) is 0 Å². The van der Waals surface area contributed by atoms with Gasteiger partial charge in [-0.3, -0.25) is 9.59 Å². The summed E-state index contributed by atoms with van der Waals surface area (Å²) in [5, 5.41) is 0. The van der Waals surface area contributed by atoms with Crippen LogP contribution in [0.25, 0.3) is 0 Å². The van der Waals surface area contributed by atoms with Gasteiger partial charge >= 0.3 is 5.97 Å². The second-order valence-corrected chi connectivity index (χ2v) is 4.47. The Labute approximate surface area is 107 Å². The van der Waals surface area contributed by atoms with E-state index in [1.807, 2.05) is 35.2 Å². The molecule has 0 saturated carbocycles. The molecular weight excluding hydrogens is 230 g/mol. The van der Waals surface area contributed by atoms with E-state index in [9.17, 15) is 9.59 Å². The lowest BCUT2D eigenvalue weighted by atomic mass is 10.1. The number of carbonyl (C=O) groups excluding carboxylic acids is 2. The Bertz CT molecular complexity index is 422. The number of nitrogens with zero attached hydrogens (tertiary/aromatic N) is 1. The highest BCUT2D eigenvalue weighted by molar-refractivity contribution is 5.94. The molecule has 1 heterocycles. The van der Waals surface area contributed by atoms with Crippen LogP contribution in [0.15, 0.2) is 30.3 Å². The van der Waals surface area contributed by atoms with Crippen molar-refractivity contribution < 1.29 is 14.3 Å². The van der Waals surface area contributed by atoms with E-state index in [-0.39, 0.29) is 18.0 Å². The highest BCUT2D eigenvalue weighted by atomic mass is 16.5. The van der Waals surface area contributed by atoms with Gasteiger partial charge in [0, 0.05) is 38.4 Å². The summed E-state index contributed by atoms with van der Waals surface area (Å²) < 4.78 is 5.15. The predicted octanol–water partition coefficient (Wildman–Crippen LogP) is 1.85. The lowest BCUT2D eigenvalue weighted by Gasteiger charge is -2.31. The summed E-state index contributed by atoms with van der Waals surface area (Å²) in [5.41, 5.74) is 0.712. The van der Waals surface area contributed by atoms with Crippen molar-refractivity contribution in [1.29, 1.82) is 0 Å². The topological polar surface area (TPSA) is 46.6 Å². The molecule has 1 saturated heterocycles. The Kier molecular flexibility index (Phi) is 3.97. The number of benzene rings is 1. The fraction of sp³-hybridized carbons (Fsp3) is 0.429. The lowest BCUT2D eigenvalue weighted by molar-refractivity contribution is -0.148. The van der Waals surface area contributed by atoms with Crippen molar-refractivity contribution in [3.63, 3.8) is 0 Å². The van der Waals surface area contributed by atoms with Crippen molar-refractivity contribution in [2.45, 2.75) is 25.9 Å². The number of ether oxygens (including phenoxy) is 1. The monoisotopic (exact) mass is 247 g/mol. The quantitative estimate of drug-likeness (QED) is 0.749. The highest BCUT2D eigenvalue weighted by Gasteiger charge is 2.24. The van der Waals surface area contributed by atoms with E-state index in [1.54, 1.807) is 0 Å². The maximum Gasteiger partial charge on any atom is 0.302 e. The third-order valence-electron chi connectivity index (χ3n) is 3.08. The summed E-state index contributed by atoms with van der Waals surface area (Å²) >= 11 is 0. The van der Waals surface area contributed by atoms with E-state index in [0.29, 0.717) is 18.7 Å². The minimum absolute atomic E-state index is 0.0395. The van der Waals surface area contributed by atoms with E-state index in [0.717, 1.165) is 12.8 Å². The van der Waals surface area contributed by atoms with Crippen LogP contribution in [0.2, 0.25) is 0 Å². The minimum atomic E-state index is -0.247. The molecule has 0 unspecified atom stereocenters. The van der Waals surface area contributed by atoms with E-state index in [1.165, 1.54) is 6.92 Å². The normalized spacial score (nSPS) is 16.4. The molecule has 4 nitrogen and oxygen atoms in total. The van der Waals surface area contributed by atoms with Crippen molar-refractivity contribution in [2.24, 2.45) is 0 Å². The van der Waals surface area contributed by atoms with Crippen LogP contribution in [0, 0.1) is 0 Å². The molecule has 0 atom stereocenters. The van der Waals surface area contributed by atoms with E-state index < -0.39 is 0 Å². The number of hydrogen-bond acceptors (Lipinski definition) is 3. The van der Waals surface area contributed by atoms with Crippen LogP contribution in [-0.2, 0) is 9.53 Å². The molecular formula is C14H17NO3. The third-order valence-corrected chi connectivity index (χ3v) is 3.08. The number of esters is 1. The van der Waals surface area contributed by atoms with Crippen molar-refractivity contribution in [3.8, 4) is 0 Å². The van der Waals surface area contributed by atoms with Crippen LogP contribution in [0.1, 0.15) is 30.1 Å². The van der Waals surface area contributed by atoms with Gasteiger partial charge in [-0.25, -0.2) is 0 Å². The van der Waals surface area contributed by atoms with E-state index >= 15 is 0 Å². The molecule has 0 N–H and O–H groups in total. The summed E-state index contributed by atoms with van der Waals surface area (Å²) in [6, 6.07) is 9.25. The zero-order chi connectivity index (χ0) is 13.0. The molecule has 0 bridgehead atoms. The lowest BCUT2D eigenvalue weighted by Crippen LogP contribution is -2.41. The second kappa shape index (κ2) is 5.67. The van der Waals surface area contributed by atoms with Crippen molar-refractivity contribution in [2.75, 3.05) is 13.1 Å². The van der Waals surface area contributed by atoms with E-state index in [2.05, 4.69) is 0 Å². The Hall–Kier alpha value is -1.84. The molecule has 2 rings (SSSR count). The van der Waals surface area contributed by atoms with Crippen LogP contribution in [0.3, 0.4) is 0 Å². The summed E-state index contributed by atoms with van der Waals surface area (Å²) in [4.78, 5) is 24.8. The van der Waals surface area contributed by atoms with Gasteiger partial charge in [0.15, 0.2) is 0 Å². The first kappa shape index (κ1) is 12.6. The van der Waals surface area contributed by atoms with Crippen LogP contribution >= 0.6 is 0 Å². The first-order valence-electron chi connectivity index (χ1n) is 6.18. The SMILES string of the molecule is CC(=O)OC1CCN(C(=O)c2ccccc2)CC1. The minimum Gasteiger partial charge on any atom is -0.462 e. The number of hydrogen-bond donors (Lipinski definition) is 0. The molecule has 1 fully saturated rings. The van der Waals surface area contributed by atoms with Gasteiger partial charge in [-0.1, -0.05) is 18.2 Å². The number of likely N-dealkylation sites (tertiary alicyclic amines) is 1. The number of carbonyl (C=O) groups is 2. The number of amides is 1. The van der Waals surface area contributed by atoms with Crippen molar-refractivity contribution in [1.82, 2.24) is 4.90 Å². The summed E-state index contributed by atoms with van der Waals surface area (Å²) in [7, 11) is 0. The average Bonchev–Trinajstić information content (AvgIpc) is 2.39. The molecule has 1 amide bonds. The van der Waals surface area contributed by atoms with E-state index in [4.69, 9.17) is 4.74 Å². The smallest absolute Gasteiger partial charge is 0.302 e. The number of rotatable bonds is 2. The van der Waals surface area contributed by atoms with Gasteiger partial charge in [0.25, 0.3) is 5.91 Å².